The first-order valence-electron chi connectivity index (χ1n) is 10.6. The first-order valence-corrected chi connectivity index (χ1v) is 10.6. The Morgan fingerprint density at radius 2 is 1.52 bits per heavy atom. The molecule has 5 nitrogen and oxygen atoms in total. The maximum atomic E-state index is 4.35. The molecule has 2 aromatic rings. The molecule has 0 amide bonds. The van der Waals surface area contributed by atoms with E-state index in [1.165, 1.54) is 48.2 Å². The predicted octanol–water partition coefficient (Wildman–Crippen LogP) is 3.21. The van der Waals surface area contributed by atoms with Crippen molar-refractivity contribution in [2.75, 3.05) is 34.2 Å². The molecule has 29 heavy (non-hydrogen) atoms. The van der Waals surface area contributed by atoms with Crippen LogP contribution in [0.15, 0.2) is 53.5 Å². The van der Waals surface area contributed by atoms with Crippen LogP contribution in [0.4, 0.5) is 0 Å². The van der Waals surface area contributed by atoms with Gasteiger partial charge in [0.15, 0.2) is 5.96 Å². The lowest BCUT2D eigenvalue weighted by Gasteiger charge is -2.15. The maximum absolute atomic E-state index is 4.35. The second-order valence-corrected chi connectivity index (χ2v) is 8.14. The molecule has 5 heteroatoms. The van der Waals surface area contributed by atoms with Crippen molar-refractivity contribution in [2.45, 2.75) is 39.0 Å². The minimum absolute atomic E-state index is 0.760. The number of nitrogens with zero attached hydrogens (tertiary/aromatic N) is 3. The third-order valence-electron chi connectivity index (χ3n) is 5.26. The lowest BCUT2D eigenvalue weighted by atomic mass is 10.1. The molecule has 0 aliphatic carbocycles. The largest absolute Gasteiger partial charge is 0.352 e. The number of hydrogen-bond donors (Lipinski definition) is 2. The van der Waals surface area contributed by atoms with Gasteiger partial charge in [0, 0.05) is 33.2 Å². The fraction of sp³-hybridized carbons (Fsp3) is 0.458. The van der Waals surface area contributed by atoms with Crippen molar-refractivity contribution in [3.63, 3.8) is 0 Å². The Morgan fingerprint density at radius 1 is 0.897 bits per heavy atom. The smallest absolute Gasteiger partial charge is 0.191 e. The molecule has 2 N–H and O–H groups in total. The zero-order valence-electron chi connectivity index (χ0n) is 18.1. The highest BCUT2D eigenvalue weighted by Crippen LogP contribution is 2.13. The van der Waals surface area contributed by atoms with Crippen LogP contribution < -0.4 is 10.6 Å². The highest BCUT2D eigenvalue weighted by atomic mass is 15.2. The number of benzene rings is 2. The molecule has 0 atom stereocenters. The third kappa shape index (κ3) is 7.18. The zero-order chi connectivity index (χ0) is 20.5. The van der Waals surface area contributed by atoms with Gasteiger partial charge in [0.25, 0.3) is 0 Å². The summed E-state index contributed by atoms with van der Waals surface area (Å²) in [5, 5.41) is 6.83. The third-order valence-corrected chi connectivity index (χ3v) is 5.26. The average molecular weight is 394 g/mol. The van der Waals surface area contributed by atoms with Crippen molar-refractivity contribution < 1.29 is 0 Å². The van der Waals surface area contributed by atoms with Gasteiger partial charge in [-0.15, -0.1) is 0 Å². The van der Waals surface area contributed by atoms with Crippen molar-refractivity contribution in [1.29, 1.82) is 0 Å². The highest BCUT2D eigenvalue weighted by molar-refractivity contribution is 5.79. The standard InChI is InChI=1S/C24H35N5/c1-25-24(27-17-22-7-6-8-23(15-22)18-28(2)3)26-16-20-9-11-21(12-10-20)19-29-13-4-5-14-29/h6-12,15H,4-5,13-14,16-19H2,1-3H3,(H2,25,26,27). The SMILES string of the molecule is CN=C(NCc1ccc(CN2CCCC2)cc1)NCc1cccc(CN(C)C)c1. The number of aliphatic imine (C=N–C) groups is 1. The van der Waals surface area contributed by atoms with Gasteiger partial charge in [0.05, 0.1) is 0 Å². The Kier molecular flexibility index (Phi) is 8.08. The summed E-state index contributed by atoms with van der Waals surface area (Å²) in [6, 6.07) is 17.6. The average Bonchev–Trinajstić information content (AvgIpc) is 3.22. The maximum Gasteiger partial charge on any atom is 0.191 e. The summed E-state index contributed by atoms with van der Waals surface area (Å²) in [6.07, 6.45) is 2.68. The molecule has 1 aliphatic heterocycles. The van der Waals surface area contributed by atoms with Crippen LogP contribution in [0.5, 0.6) is 0 Å². The van der Waals surface area contributed by atoms with E-state index in [2.05, 4.69) is 88.1 Å². The molecule has 0 spiro atoms. The van der Waals surface area contributed by atoms with E-state index in [0.29, 0.717) is 0 Å². The minimum Gasteiger partial charge on any atom is -0.352 e. The molecule has 0 unspecified atom stereocenters. The Bertz CT molecular complexity index is 776. The summed E-state index contributed by atoms with van der Waals surface area (Å²) in [5.41, 5.74) is 5.26. The fourth-order valence-corrected chi connectivity index (χ4v) is 3.76. The molecule has 0 aromatic heterocycles. The topological polar surface area (TPSA) is 42.9 Å². The van der Waals surface area contributed by atoms with Crippen molar-refractivity contribution in [3.05, 3.63) is 70.8 Å². The van der Waals surface area contributed by atoms with Crippen molar-refractivity contribution in [3.8, 4) is 0 Å². The first kappa shape index (κ1) is 21.3. The summed E-state index contributed by atoms with van der Waals surface area (Å²) in [4.78, 5) is 9.07. The van der Waals surface area contributed by atoms with Crippen molar-refractivity contribution in [2.24, 2.45) is 4.99 Å². The van der Waals surface area contributed by atoms with Gasteiger partial charge in [0.2, 0.25) is 0 Å². The lowest BCUT2D eigenvalue weighted by molar-refractivity contribution is 0.331. The van der Waals surface area contributed by atoms with Crippen LogP contribution in [0.3, 0.4) is 0 Å². The number of nitrogens with one attached hydrogen (secondary N) is 2. The van der Waals surface area contributed by atoms with Gasteiger partial charge in [-0.25, -0.2) is 0 Å². The fourth-order valence-electron chi connectivity index (χ4n) is 3.76. The molecule has 0 bridgehead atoms. The second-order valence-electron chi connectivity index (χ2n) is 8.14. The molecule has 1 saturated heterocycles. The van der Waals surface area contributed by atoms with Crippen LogP contribution >= 0.6 is 0 Å². The quantitative estimate of drug-likeness (QED) is 0.534. The van der Waals surface area contributed by atoms with E-state index in [9.17, 15) is 0 Å². The summed E-state index contributed by atoms with van der Waals surface area (Å²) in [5.74, 6) is 0.823. The van der Waals surface area contributed by atoms with E-state index in [1.54, 1.807) is 0 Å². The van der Waals surface area contributed by atoms with Gasteiger partial charge >= 0.3 is 0 Å². The van der Waals surface area contributed by atoms with Crippen LogP contribution in [0, 0.1) is 0 Å². The molecule has 156 valence electrons. The number of hydrogen-bond acceptors (Lipinski definition) is 3. The summed E-state index contributed by atoms with van der Waals surface area (Å²) < 4.78 is 0. The van der Waals surface area contributed by atoms with Crippen LogP contribution in [-0.2, 0) is 26.2 Å². The Labute approximate surface area is 175 Å². The van der Waals surface area contributed by atoms with E-state index in [0.717, 1.165) is 32.1 Å². The first-order chi connectivity index (χ1) is 14.1. The van der Waals surface area contributed by atoms with E-state index < -0.39 is 0 Å². The van der Waals surface area contributed by atoms with Gasteiger partial charge < -0.3 is 15.5 Å². The van der Waals surface area contributed by atoms with Gasteiger partial charge in [-0.1, -0.05) is 48.5 Å². The minimum atomic E-state index is 0.760. The number of likely N-dealkylation sites (tertiary alicyclic amines) is 1. The monoisotopic (exact) mass is 393 g/mol. The molecule has 1 heterocycles. The molecular formula is C24H35N5. The van der Waals surface area contributed by atoms with E-state index >= 15 is 0 Å². The van der Waals surface area contributed by atoms with Gasteiger partial charge in [-0.3, -0.25) is 9.89 Å². The molecular weight excluding hydrogens is 358 g/mol. The summed E-state index contributed by atoms with van der Waals surface area (Å²) in [6.45, 7) is 6.03. The molecule has 3 rings (SSSR count). The Balaban J connectivity index is 1.45. The molecule has 1 fully saturated rings. The zero-order valence-corrected chi connectivity index (χ0v) is 18.1. The summed E-state index contributed by atoms with van der Waals surface area (Å²) >= 11 is 0. The highest BCUT2D eigenvalue weighted by Gasteiger charge is 2.11. The van der Waals surface area contributed by atoms with Crippen LogP contribution in [0.2, 0.25) is 0 Å². The van der Waals surface area contributed by atoms with Crippen LogP contribution in [0.25, 0.3) is 0 Å². The molecule has 1 aliphatic rings. The van der Waals surface area contributed by atoms with Crippen molar-refractivity contribution >= 4 is 5.96 Å². The number of guanidine groups is 1. The van der Waals surface area contributed by atoms with Crippen molar-refractivity contribution in [1.82, 2.24) is 20.4 Å². The molecule has 2 aromatic carbocycles. The Morgan fingerprint density at radius 3 is 2.17 bits per heavy atom. The summed E-state index contributed by atoms with van der Waals surface area (Å²) in [7, 11) is 6.00. The number of rotatable bonds is 8. The van der Waals surface area contributed by atoms with Crippen LogP contribution in [0.1, 0.15) is 35.1 Å². The normalized spacial score (nSPS) is 15.1. The van der Waals surface area contributed by atoms with Gasteiger partial charge in [-0.2, -0.15) is 0 Å². The van der Waals surface area contributed by atoms with Gasteiger partial charge in [-0.05, 0) is 62.3 Å². The van der Waals surface area contributed by atoms with E-state index in [-0.39, 0.29) is 0 Å². The Hall–Kier alpha value is -2.37. The second kappa shape index (κ2) is 11.0. The van der Waals surface area contributed by atoms with Gasteiger partial charge in [0.1, 0.15) is 0 Å². The van der Waals surface area contributed by atoms with E-state index in [4.69, 9.17) is 0 Å². The molecule has 0 radical (unpaired) electrons. The predicted molar refractivity (Wildman–Crippen MR) is 122 cm³/mol. The lowest BCUT2D eigenvalue weighted by Crippen LogP contribution is -2.36. The molecule has 0 saturated carbocycles. The van der Waals surface area contributed by atoms with Crippen LogP contribution in [-0.4, -0.2) is 50.0 Å². The van der Waals surface area contributed by atoms with E-state index in [1.807, 2.05) is 7.05 Å².